The Morgan fingerprint density at radius 1 is 1.21 bits per heavy atom. The molecule has 0 aliphatic carbocycles. The molecule has 2 aromatic carbocycles. The Hall–Kier alpha value is -3.32. The van der Waals surface area contributed by atoms with Gasteiger partial charge in [-0.05, 0) is 44.0 Å². The lowest BCUT2D eigenvalue weighted by Gasteiger charge is -2.17. The van der Waals surface area contributed by atoms with Crippen molar-refractivity contribution in [1.29, 1.82) is 0 Å². The molecule has 1 unspecified atom stereocenters. The van der Waals surface area contributed by atoms with Gasteiger partial charge in [0.15, 0.2) is 5.96 Å². The van der Waals surface area contributed by atoms with Crippen LogP contribution >= 0.6 is 0 Å². The minimum atomic E-state index is 0.474. The van der Waals surface area contributed by atoms with Crippen LogP contribution in [0.5, 0.6) is 5.75 Å². The van der Waals surface area contributed by atoms with Crippen LogP contribution in [0, 0.1) is 12.8 Å². The number of hydrogen-bond donors (Lipinski definition) is 2. The lowest BCUT2D eigenvalue weighted by molar-refractivity contribution is 0.166. The molecule has 0 spiro atoms. The zero-order valence-electron chi connectivity index (χ0n) is 19.5. The third-order valence-corrected chi connectivity index (χ3v) is 5.59. The van der Waals surface area contributed by atoms with Gasteiger partial charge in [-0.15, -0.1) is 0 Å². The van der Waals surface area contributed by atoms with Crippen LogP contribution < -0.4 is 15.4 Å². The summed E-state index contributed by atoms with van der Waals surface area (Å²) in [6.07, 6.45) is 4.94. The van der Waals surface area contributed by atoms with Gasteiger partial charge >= 0.3 is 0 Å². The fourth-order valence-corrected chi connectivity index (χ4v) is 3.72. The van der Waals surface area contributed by atoms with Gasteiger partial charge in [0.2, 0.25) is 0 Å². The Morgan fingerprint density at radius 2 is 2.09 bits per heavy atom. The molecule has 1 aliphatic rings. The minimum Gasteiger partial charge on any atom is -0.493 e. The van der Waals surface area contributed by atoms with E-state index in [1.165, 1.54) is 5.56 Å². The summed E-state index contributed by atoms with van der Waals surface area (Å²) in [5.74, 6) is 2.16. The predicted molar refractivity (Wildman–Crippen MR) is 131 cm³/mol. The first-order chi connectivity index (χ1) is 16.2. The first-order valence-electron chi connectivity index (χ1n) is 11.6. The van der Waals surface area contributed by atoms with E-state index < -0.39 is 0 Å². The van der Waals surface area contributed by atoms with E-state index in [2.05, 4.69) is 47.8 Å². The molecule has 0 radical (unpaired) electrons. The summed E-state index contributed by atoms with van der Waals surface area (Å²) >= 11 is 0. The molecule has 7 nitrogen and oxygen atoms in total. The van der Waals surface area contributed by atoms with Crippen LogP contribution in [0.25, 0.3) is 5.69 Å². The summed E-state index contributed by atoms with van der Waals surface area (Å²) in [7, 11) is 0. The van der Waals surface area contributed by atoms with Crippen LogP contribution in [-0.2, 0) is 17.8 Å². The van der Waals surface area contributed by atoms with Crippen molar-refractivity contribution in [2.75, 3.05) is 26.4 Å². The van der Waals surface area contributed by atoms with Crippen molar-refractivity contribution in [3.8, 4) is 11.4 Å². The van der Waals surface area contributed by atoms with Crippen LogP contribution in [0.15, 0.2) is 65.9 Å². The third-order valence-electron chi connectivity index (χ3n) is 5.59. The summed E-state index contributed by atoms with van der Waals surface area (Å²) < 4.78 is 13.5. The highest BCUT2D eigenvalue weighted by atomic mass is 16.5. The zero-order chi connectivity index (χ0) is 22.9. The van der Waals surface area contributed by atoms with Gasteiger partial charge in [0.25, 0.3) is 0 Å². The predicted octanol–water partition coefficient (Wildman–Crippen LogP) is 3.85. The number of benzene rings is 2. The summed E-state index contributed by atoms with van der Waals surface area (Å²) in [6, 6.07) is 16.4. The van der Waals surface area contributed by atoms with E-state index in [4.69, 9.17) is 14.5 Å². The third kappa shape index (κ3) is 6.58. The second kappa shape index (κ2) is 11.5. The van der Waals surface area contributed by atoms with Crippen molar-refractivity contribution in [2.24, 2.45) is 10.9 Å². The molecular formula is C26H33N5O2. The fraction of sp³-hybridized carbons (Fsp3) is 0.385. The highest BCUT2D eigenvalue weighted by molar-refractivity contribution is 5.79. The number of para-hydroxylation sites is 1. The normalized spacial score (nSPS) is 16.1. The molecule has 1 aliphatic heterocycles. The van der Waals surface area contributed by atoms with Crippen LogP contribution in [0.1, 0.15) is 30.0 Å². The van der Waals surface area contributed by atoms with Crippen molar-refractivity contribution >= 4 is 5.96 Å². The molecule has 0 bridgehead atoms. The highest BCUT2D eigenvalue weighted by Gasteiger charge is 2.17. The molecule has 2 N–H and O–H groups in total. The molecule has 1 atom stereocenters. The zero-order valence-corrected chi connectivity index (χ0v) is 19.5. The molecule has 1 saturated heterocycles. The van der Waals surface area contributed by atoms with Crippen LogP contribution in [0.2, 0.25) is 0 Å². The molecule has 1 aromatic heterocycles. The Kier molecular flexibility index (Phi) is 7.98. The number of aromatic nitrogens is 2. The summed E-state index contributed by atoms with van der Waals surface area (Å²) in [6.45, 7) is 8.43. The maximum atomic E-state index is 6.18. The van der Waals surface area contributed by atoms with Crippen molar-refractivity contribution in [2.45, 2.75) is 33.4 Å². The second-order valence-electron chi connectivity index (χ2n) is 8.33. The van der Waals surface area contributed by atoms with E-state index in [0.29, 0.717) is 25.6 Å². The van der Waals surface area contributed by atoms with Gasteiger partial charge in [-0.1, -0.05) is 30.3 Å². The largest absolute Gasteiger partial charge is 0.493 e. The number of nitrogens with one attached hydrogen (secondary N) is 2. The van der Waals surface area contributed by atoms with Gasteiger partial charge in [0.1, 0.15) is 5.75 Å². The number of aliphatic imine (C=N–C) groups is 1. The number of nitrogens with zero attached hydrogens (tertiary/aromatic N) is 3. The number of aryl methyl sites for hydroxylation is 1. The van der Waals surface area contributed by atoms with Crippen LogP contribution in [0.4, 0.5) is 0 Å². The van der Waals surface area contributed by atoms with E-state index in [-0.39, 0.29) is 0 Å². The first kappa shape index (κ1) is 22.9. The van der Waals surface area contributed by atoms with Crippen LogP contribution in [0.3, 0.4) is 0 Å². The quantitative estimate of drug-likeness (QED) is 0.385. The number of hydrogen-bond acceptors (Lipinski definition) is 4. The summed E-state index contributed by atoms with van der Waals surface area (Å²) in [5.41, 5.74) is 4.39. The van der Waals surface area contributed by atoms with Gasteiger partial charge in [-0.2, -0.15) is 5.10 Å². The number of guanidine groups is 1. The molecule has 33 heavy (non-hydrogen) atoms. The molecule has 0 amide bonds. The monoisotopic (exact) mass is 447 g/mol. The van der Waals surface area contributed by atoms with Gasteiger partial charge in [-0.25, -0.2) is 9.67 Å². The molecule has 0 saturated carbocycles. The van der Waals surface area contributed by atoms with Crippen molar-refractivity contribution < 1.29 is 9.47 Å². The van der Waals surface area contributed by atoms with Crippen LogP contribution in [-0.4, -0.2) is 42.1 Å². The second-order valence-corrected chi connectivity index (χ2v) is 8.33. The Bertz CT molecular complexity index is 1040. The van der Waals surface area contributed by atoms with E-state index in [9.17, 15) is 0 Å². The Balaban J connectivity index is 1.38. The van der Waals surface area contributed by atoms with Gasteiger partial charge in [0.05, 0.1) is 31.6 Å². The summed E-state index contributed by atoms with van der Waals surface area (Å²) in [5, 5.41) is 11.2. The van der Waals surface area contributed by atoms with Crippen molar-refractivity contribution in [3.05, 3.63) is 77.6 Å². The summed E-state index contributed by atoms with van der Waals surface area (Å²) in [4.78, 5) is 4.75. The Labute approximate surface area is 195 Å². The molecule has 4 rings (SSSR count). The lowest BCUT2D eigenvalue weighted by atomic mass is 10.1. The maximum Gasteiger partial charge on any atom is 0.191 e. The van der Waals surface area contributed by atoms with Gasteiger partial charge < -0.3 is 20.1 Å². The highest BCUT2D eigenvalue weighted by Crippen LogP contribution is 2.22. The first-order valence-corrected chi connectivity index (χ1v) is 11.6. The molecule has 7 heteroatoms. The standard InChI is InChI=1S/C26H33N5O2/c1-3-27-26(28-14-22-15-30-31(17-22)24-7-5-4-6-8-24)29-16-23-10-9-20(2)13-25(23)33-19-21-11-12-32-18-21/h4-10,13,15,17,21H,3,11-12,14,16,18-19H2,1-2H3,(H2,27,28,29). The smallest absolute Gasteiger partial charge is 0.191 e. The van der Waals surface area contributed by atoms with E-state index in [1.54, 1.807) is 0 Å². The topological polar surface area (TPSA) is 72.7 Å². The minimum absolute atomic E-state index is 0.474. The molecular weight excluding hydrogens is 414 g/mol. The SMILES string of the molecule is CCNC(=NCc1cnn(-c2ccccc2)c1)NCc1ccc(C)cc1OCC1CCOC1. The molecule has 2 heterocycles. The maximum absolute atomic E-state index is 6.18. The van der Waals surface area contributed by atoms with Gasteiger partial charge in [0, 0.05) is 42.9 Å². The van der Waals surface area contributed by atoms with Crippen molar-refractivity contribution in [1.82, 2.24) is 20.4 Å². The molecule has 174 valence electrons. The molecule has 3 aromatic rings. The number of rotatable bonds is 9. The van der Waals surface area contributed by atoms with E-state index in [0.717, 1.165) is 54.7 Å². The van der Waals surface area contributed by atoms with Crippen molar-refractivity contribution in [3.63, 3.8) is 0 Å². The molecule has 1 fully saturated rings. The van der Waals surface area contributed by atoms with E-state index in [1.807, 2.05) is 47.4 Å². The average molecular weight is 448 g/mol. The Morgan fingerprint density at radius 3 is 2.88 bits per heavy atom. The number of ether oxygens (including phenoxy) is 2. The average Bonchev–Trinajstić information content (AvgIpc) is 3.53. The van der Waals surface area contributed by atoms with E-state index >= 15 is 0 Å². The fourth-order valence-electron chi connectivity index (χ4n) is 3.72. The lowest BCUT2D eigenvalue weighted by Crippen LogP contribution is -2.36. The van der Waals surface area contributed by atoms with Gasteiger partial charge in [-0.3, -0.25) is 0 Å².